The van der Waals surface area contributed by atoms with Crippen LogP contribution in [0.3, 0.4) is 0 Å². The minimum absolute atomic E-state index is 0.268. The van der Waals surface area contributed by atoms with Gasteiger partial charge in [0.05, 0.1) is 24.2 Å². The summed E-state index contributed by atoms with van der Waals surface area (Å²) in [4.78, 5) is 11.9. The number of aliphatic hydroxyl groups is 2. The standard InChI is InChI=1S/C16H24O4/c1-5-20-15(19)16(3,4)14(18)11(2)13(17)12-9-7-6-8-10-12/h6-11,13-14,17-18H,5H2,1-4H3/t11-,13?,14-/m0/s1. The third kappa shape index (κ3) is 3.58. The van der Waals surface area contributed by atoms with Crippen molar-refractivity contribution >= 4 is 5.97 Å². The van der Waals surface area contributed by atoms with E-state index in [1.807, 2.05) is 18.2 Å². The molecule has 0 aliphatic rings. The lowest BCUT2D eigenvalue weighted by molar-refractivity contribution is -0.164. The summed E-state index contributed by atoms with van der Waals surface area (Å²) in [6.45, 7) is 6.98. The summed E-state index contributed by atoms with van der Waals surface area (Å²) in [5.41, 5.74) is -0.343. The molecule has 0 radical (unpaired) electrons. The number of carbonyl (C=O) groups is 1. The van der Waals surface area contributed by atoms with Crippen molar-refractivity contribution in [3.63, 3.8) is 0 Å². The van der Waals surface area contributed by atoms with Gasteiger partial charge in [0.25, 0.3) is 0 Å². The summed E-state index contributed by atoms with van der Waals surface area (Å²) >= 11 is 0. The summed E-state index contributed by atoms with van der Waals surface area (Å²) in [5, 5.41) is 20.7. The third-order valence-corrected chi connectivity index (χ3v) is 3.68. The summed E-state index contributed by atoms with van der Waals surface area (Å²) in [6, 6.07) is 9.11. The third-order valence-electron chi connectivity index (χ3n) is 3.68. The van der Waals surface area contributed by atoms with Crippen molar-refractivity contribution in [3.8, 4) is 0 Å². The molecule has 3 atom stereocenters. The molecule has 0 aliphatic carbocycles. The molecule has 20 heavy (non-hydrogen) atoms. The maximum absolute atomic E-state index is 11.9. The van der Waals surface area contributed by atoms with Gasteiger partial charge in [0.2, 0.25) is 0 Å². The lowest BCUT2D eigenvalue weighted by Gasteiger charge is -2.34. The maximum atomic E-state index is 11.9. The van der Waals surface area contributed by atoms with Gasteiger partial charge in [-0.1, -0.05) is 37.3 Å². The topological polar surface area (TPSA) is 66.8 Å². The molecule has 2 N–H and O–H groups in total. The predicted molar refractivity (Wildman–Crippen MR) is 77.0 cm³/mol. The van der Waals surface area contributed by atoms with Crippen LogP contribution in [0.1, 0.15) is 39.4 Å². The van der Waals surface area contributed by atoms with Crippen molar-refractivity contribution < 1.29 is 19.7 Å². The lowest BCUT2D eigenvalue weighted by Crippen LogP contribution is -2.44. The van der Waals surface area contributed by atoms with Crippen LogP contribution in [0.2, 0.25) is 0 Å². The normalized spacial score (nSPS) is 16.3. The van der Waals surface area contributed by atoms with Crippen molar-refractivity contribution in [3.05, 3.63) is 35.9 Å². The van der Waals surface area contributed by atoms with Gasteiger partial charge in [-0.25, -0.2) is 0 Å². The molecule has 4 nitrogen and oxygen atoms in total. The minimum Gasteiger partial charge on any atom is -0.466 e. The summed E-state index contributed by atoms with van der Waals surface area (Å²) < 4.78 is 4.98. The first-order chi connectivity index (χ1) is 9.32. The van der Waals surface area contributed by atoms with Crippen LogP contribution >= 0.6 is 0 Å². The summed E-state index contributed by atoms with van der Waals surface area (Å²) in [7, 11) is 0. The van der Waals surface area contributed by atoms with Crippen LogP contribution in [0, 0.1) is 11.3 Å². The van der Waals surface area contributed by atoms with Crippen LogP contribution in [-0.4, -0.2) is 28.9 Å². The van der Waals surface area contributed by atoms with E-state index >= 15 is 0 Å². The molecule has 0 aromatic heterocycles. The smallest absolute Gasteiger partial charge is 0.314 e. The zero-order valence-corrected chi connectivity index (χ0v) is 12.5. The second-order valence-electron chi connectivity index (χ2n) is 5.60. The molecule has 0 fully saturated rings. The van der Waals surface area contributed by atoms with Gasteiger partial charge in [-0.15, -0.1) is 0 Å². The fraction of sp³-hybridized carbons (Fsp3) is 0.562. The molecule has 1 unspecified atom stereocenters. The second kappa shape index (κ2) is 6.86. The SMILES string of the molecule is CCOC(=O)C(C)(C)[C@@H](O)[C@@H](C)C(O)c1ccccc1. The first-order valence-corrected chi connectivity index (χ1v) is 6.90. The van der Waals surface area contributed by atoms with Crippen molar-refractivity contribution in [2.45, 2.75) is 39.9 Å². The number of benzene rings is 1. The average molecular weight is 280 g/mol. The number of carbonyl (C=O) groups excluding carboxylic acids is 1. The molecular formula is C16H24O4. The highest BCUT2D eigenvalue weighted by Crippen LogP contribution is 2.34. The van der Waals surface area contributed by atoms with E-state index in [-0.39, 0.29) is 6.61 Å². The molecule has 0 spiro atoms. The van der Waals surface area contributed by atoms with Crippen molar-refractivity contribution in [1.82, 2.24) is 0 Å². The van der Waals surface area contributed by atoms with Crippen LogP contribution < -0.4 is 0 Å². The molecule has 1 aromatic carbocycles. The molecule has 0 aliphatic heterocycles. The van der Waals surface area contributed by atoms with Crippen LogP contribution in [0.4, 0.5) is 0 Å². The molecule has 0 saturated carbocycles. The molecule has 1 aromatic rings. The highest BCUT2D eigenvalue weighted by Gasteiger charge is 2.42. The van der Waals surface area contributed by atoms with Crippen LogP contribution in [0.5, 0.6) is 0 Å². The van der Waals surface area contributed by atoms with E-state index in [9.17, 15) is 15.0 Å². The number of ether oxygens (including phenoxy) is 1. The summed E-state index contributed by atoms with van der Waals surface area (Å²) in [5.74, 6) is -0.948. The van der Waals surface area contributed by atoms with Crippen molar-refractivity contribution in [2.24, 2.45) is 11.3 Å². The molecule has 0 heterocycles. The van der Waals surface area contributed by atoms with E-state index < -0.39 is 29.5 Å². The first-order valence-electron chi connectivity index (χ1n) is 6.90. The minimum atomic E-state index is -1.06. The van der Waals surface area contributed by atoms with E-state index in [4.69, 9.17) is 4.74 Å². The van der Waals surface area contributed by atoms with Gasteiger partial charge < -0.3 is 14.9 Å². The Labute approximate surface area is 120 Å². The van der Waals surface area contributed by atoms with Gasteiger partial charge in [-0.3, -0.25) is 4.79 Å². The van der Waals surface area contributed by atoms with Gasteiger partial charge in [-0.05, 0) is 26.3 Å². The molecule has 112 valence electrons. The fourth-order valence-corrected chi connectivity index (χ4v) is 2.22. The monoisotopic (exact) mass is 280 g/mol. The number of rotatable bonds is 6. The van der Waals surface area contributed by atoms with E-state index in [0.717, 1.165) is 5.56 Å². The second-order valence-corrected chi connectivity index (χ2v) is 5.60. The Balaban J connectivity index is 2.85. The van der Waals surface area contributed by atoms with Gasteiger partial charge in [0.1, 0.15) is 0 Å². The number of hydrogen-bond donors (Lipinski definition) is 2. The fourth-order valence-electron chi connectivity index (χ4n) is 2.22. The molecule has 1 rings (SSSR count). The van der Waals surface area contributed by atoms with Crippen LogP contribution in [-0.2, 0) is 9.53 Å². The van der Waals surface area contributed by atoms with E-state index in [2.05, 4.69) is 0 Å². The Kier molecular flexibility index (Phi) is 5.72. The summed E-state index contributed by atoms with van der Waals surface area (Å²) in [6.07, 6.45) is -1.84. The van der Waals surface area contributed by atoms with Crippen molar-refractivity contribution in [2.75, 3.05) is 6.61 Å². The van der Waals surface area contributed by atoms with E-state index in [0.29, 0.717) is 0 Å². The zero-order valence-electron chi connectivity index (χ0n) is 12.5. The average Bonchev–Trinajstić information content (AvgIpc) is 2.46. The Morgan fingerprint density at radius 1 is 1.25 bits per heavy atom. The predicted octanol–water partition coefficient (Wildman–Crippen LogP) is 2.31. The van der Waals surface area contributed by atoms with Gasteiger partial charge in [-0.2, -0.15) is 0 Å². The van der Waals surface area contributed by atoms with Crippen LogP contribution in [0.25, 0.3) is 0 Å². The van der Waals surface area contributed by atoms with E-state index in [1.165, 1.54) is 0 Å². The van der Waals surface area contributed by atoms with Gasteiger partial charge in [0, 0.05) is 5.92 Å². The zero-order chi connectivity index (χ0) is 15.3. The Morgan fingerprint density at radius 3 is 2.30 bits per heavy atom. The molecule has 0 saturated heterocycles. The largest absolute Gasteiger partial charge is 0.466 e. The number of aliphatic hydroxyl groups excluding tert-OH is 2. The maximum Gasteiger partial charge on any atom is 0.314 e. The molecular weight excluding hydrogens is 256 g/mol. The number of hydrogen-bond acceptors (Lipinski definition) is 4. The van der Waals surface area contributed by atoms with E-state index in [1.54, 1.807) is 39.8 Å². The highest BCUT2D eigenvalue weighted by molar-refractivity contribution is 5.76. The van der Waals surface area contributed by atoms with Crippen LogP contribution in [0.15, 0.2) is 30.3 Å². The number of esters is 1. The molecule has 0 bridgehead atoms. The Hall–Kier alpha value is -1.39. The van der Waals surface area contributed by atoms with Gasteiger partial charge >= 0.3 is 5.97 Å². The highest BCUT2D eigenvalue weighted by atomic mass is 16.5. The first kappa shape index (κ1) is 16.7. The van der Waals surface area contributed by atoms with Crippen molar-refractivity contribution in [1.29, 1.82) is 0 Å². The quantitative estimate of drug-likeness (QED) is 0.785. The Morgan fingerprint density at radius 2 is 1.80 bits per heavy atom. The molecule has 0 amide bonds. The lowest BCUT2D eigenvalue weighted by atomic mass is 9.77. The Bertz CT molecular complexity index is 427. The molecule has 4 heteroatoms. The van der Waals surface area contributed by atoms with Gasteiger partial charge in [0.15, 0.2) is 0 Å².